The average Bonchev–Trinajstić information content (AvgIpc) is 2.63. The molecule has 0 aromatic heterocycles. The Morgan fingerprint density at radius 2 is 1.77 bits per heavy atom. The van der Waals surface area contributed by atoms with E-state index in [4.69, 9.17) is 11.6 Å². The number of sulfonamides is 1. The zero-order valence-electron chi connectivity index (χ0n) is 16.2. The lowest BCUT2D eigenvalue weighted by molar-refractivity contribution is -0.0504. The fourth-order valence-electron chi connectivity index (χ4n) is 2.45. The summed E-state index contributed by atoms with van der Waals surface area (Å²) in [6.07, 6.45) is 1.07. The minimum Gasteiger partial charge on any atom is -0.434 e. The molecule has 2 rings (SSSR count). The van der Waals surface area contributed by atoms with Crippen LogP contribution < -0.4 is 20.1 Å². The van der Waals surface area contributed by atoms with E-state index in [2.05, 4.69) is 25.1 Å². The number of nitrogens with zero attached hydrogens (tertiary/aromatic N) is 1. The molecule has 0 bridgehead atoms. The molecule has 0 unspecified atom stereocenters. The van der Waals surface area contributed by atoms with Crippen LogP contribution in [0.5, 0.6) is 5.75 Å². The van der Waals surface area contributed by atoms with Crippen LogP contribution in [0.25, 0.3) is 0 Å². The molecular weight excluding hydrogens is 553 g/mol. The van der Waals surface area contributed by atoms with Gasteiger partial charge in [0.05, 0.1) is 11.9 Å². The first-order valence-electron chi connectivity index (χ1n) is 8.41. The third-order valence-corrected chi connectivity index (χ3v) is 4.49. The minimum absolute atomic E-state index is 0. The van der Waals surface area contributed by atoms with Crippen LogP contribution in [0.3, 0.4) is 0 Å². The van der Waals surface area contributed by atoms with Gasteiger partial charge in [0.2, 0.25) is 10.0 Å². The number of hydrogen-bond acceptors (Lipinski definition) is 4. The topological polar surface area (TPSA) is 91.8 Å². The van der Waals surface area contributed by atoms with E-state index < -0.39 is 16.6 Å². The zero-order chi connectivity index (χ0) is 21.4. The predicted octanol–water partition coefficient (Wildman–Crippen LogP) is 3.80. The summed E-state index contributed by atoms with van der Waals surface area (Å²) in [5.41, 5.74) is 1.57. The SMILES string of the molecule is CN=C(NCc1ccccc1NS(C)(=O)=O)NCc1cc(Cl)ccc1OC(F)F.I. The van der Waals surface area contributed by atoms with Crippen LogP contribution in [-0.4, -0.2) is 34.3 Å². The van der Waals surface area contributed by atoms with Crippen molar-refractivity contribution in [1.29, 1.82) is 0 Å². The van der Waals surface area contributed by atoms with E-state index in [-0.39, 0.29) is 42.8 Å². The van der Waals surface area contributed by atoms with E-state index in [0.29, 0.717) is 27.8 Å². The molecule has 12 heteroatoms. The van der Waals surface area contributed by atoms with E-state index in [1.54, 1.807) is 31.3 Å². The Morgan fingerprint density at radius 3 is 2.37 bits per heavy atom. The van der Waals surface area contributed by atoms with E-state index in [1.165, 1.54) is 18.2 Å². The lowest BCUT2D eigenvalue weighted by Crippen LogP contribution is -2.36. The molecule has 0 spiro atoms. The molecule has 0 saturated carbocycles. The largest absolute Gasteiger partial charge is 0.434 e. The first kappa shape index (κ1) is 26.2. The van der Waals surface area contributed by atoms with Gasteiger partial charge >= 0.3 is 6.61 Å². The number of para-hydroxylation sites is 1. The number of nitrogens with one attached hydrogen (secondary N) is 3. The summed E-state index contributed by atoms with van der Waals surface area (Å²) in [5, 5.41) is 6.40. The van der Waals surface area contributed by atoms with Gasteiger partial charge in [0.1, 0.15) is 5.75 Å². The lowest BCUT2D eigenvalue weighted by atomic mass is 10.2. The molecule has 0 amide bonds. The molecule has 166 valence electrons. The van der Waals surface area contributed by atoms with Crippen LogP contribution in [0.4, 0.5) is 14.5 Å². The van der Waals surface area contributed by atoms with Gasteiger partial charge in [0.25, 0.3) is 0 Å². The van der Waals surface area contributed by atoms with E-state index in [9.17, 15) is 17.2 Å². The summed E-state index contributed by atoms with van der Waals surface area (Å²) >= 11 is 5.94. The molecule has 0 heterocycles. The second kappa shape index (κ2) is 12.1. The quantitative estimate of drug-likeness (QED) is 0.254. The minimum atomic E-state index is -3.42. The second-order valence-corrected chi connectivity index (χ2v) is 8.13. The maximum atomic E-state index is 12.6. The van der Waals surface area contributed by atoms with Gasteiger partial charge in [-0.15, -0.1) is 24.0 Å². The van der Waals surface area contributed by atoms with Crippen molar-refractivity contribution < 1.29 is 21.9 Å². The van der Waals surface area contributed by atoms with Crippen molar-refractivity contribution in [3.8, 4) is 5.75 Å². The van der Waals surface area contributed by atoms with E-state index in [0.717, 1.165) is 6.26 Å². The smallest absolute Gasteiger partial charge is 0.387 e. The molecule has 0 fully saturated rings. The summed E-state index contributed by atoms with van der Waals surface area (Å²) in [7, 11) is -1.87. The molecule has 2 aromatic carbocycles. The Balaban J connectivity index is 0.00000450. The predicted molar refractivity (Wildman–Crippen MR) is 125 cm³/mol. The van der Waals surface area contributed by atoms with Gasteiger partial charge in [-0.1, -0.05) is 29.8 Å². The van der Waals surface area contributed by atoms with Crippen LogP contribution in [0.15, 0.2) is 47.5 Å². The fourth-order valence-corrected chi connectivity index (χ4v) is 3.24. The van der Waals surface area contributed by atoms with Crippen molar-refractivity contribution in [2.24, 2.45) is 4.99 Å². The Kier molecular flexibility index (Phi) is 10.6. The van der Waals surface area contributed by atoms with Crippen molar-refractivity contribution in [2.45, 2.75) is 19.7 Å². The summed E-state index contributed by atoms with van der Waals surface area (Å²) in [6.45, 7) is -2.55. The Bertz CT molecular complexity index is 978. The molecule has 0 aliphatic carbocycles. The number of hydrogen-bond donors (Lipinski definition) is 3. The Labute approximate surface area is 196 Å². The molecule has 0 atom stereocenters. The Morgan fingerprint density at radius 1 is 1.13 bits per heavy atom. The standard InChI is InChI=1S/C18H21ClF2N4O3S.HI/c1-22-18(23-10-12-5-3-4-6-15(12)25-29(2,26)27)24-11-13-9-14(19)7-8-16(13)28-17(20)21;/h3-9,17,25H,10-11H2,1-2H3,(H2,22,23,24);1H. The first-order chi connectivity index (χ1) is 13.7. The lowest BCUT2D eigenvalue weighted by Gasteiger charge is -2.16. The third-order valence-electron chi connectivity index (χ3n) is 3.67. The highest BCUT2D eigenvalue weighted by atomic mass is 127. The highest BCUT2D eigenvalue weighted by molar-refractivity contribution is 14.0. The highest BCUT2D eigenvalue weighted by Gasteiger charge is 2.12. The van der Waals surface area contributed by atoms with Crippen molar-refractivity contribution in [2.75, 3.05) is 18.0 Å². The van der Waals surface area contributed by atoms with E-state index in [1.807, 2.05) is 0 Å². The molecule has 30 heavy (non-hydrogen) atoms. The van der Waals surface area contributed by atoms with Gasteiger partial charge in [0, 0.05) is 30.7 Å². The number of halogens is 4. The van der Waals surface area contributed by atoms with Gasteiger partial charge in [-0.2, -0.15) is 8.78 Å². The normalized spacial score (nSPS) is 11.6. The molecule has 0 saturated heterocycles. The van der Waals surface area contributed by atoms with Crippen molar-refractivity contribution in [3.63, 3.8) is 0 Å². The summed E-state index contributed by atoms with van der Waals surface area (Å²) in [6, 6.07) is 11.3. The average molecular weight is 575 g/mol. The monoisotopic (exact) mass is 574 g/mol. The van der Waals surface area contributed by atoms with Gasteiger partial charge in [-0.05, 0) is 29.8 Å². The molecular formula is C18H22ClF2IN4O3S. The van der Waals surface area contributed by atoms with Gasteiger partial charge < -0.3 is 15.4 Å². The van der Waals surface area contributed by atoms with E-state index >= 15 is 0 Å². The number of rotatable bonds is 8. The molecule has 0 aliphatic rings. The van der Waals surface area contributed by atoms with Crippen LogP contribution in [0.1, 0.15) is 11.1 Å². The zero-order valence-corrected chi connectivity index (χ0v) is 20.1. The number of alkyl halides is 2. The van der Waals surface area contributed by atoms with Gasteiger partial charge in [0.15, 0.2) is 5.96 Å². The van der Waals surface area contributed by atoms with Crippen LogP contribution in [0, 0.1) is 0 Å². The number of aliphatic imine (C=N–C) groups is 1. The van der Waals surface area contributed by atoms with Crippen molar-refractivity contribution in [1.82, 2.24) is 10.6 Å². The molecule has 3 N–H and O–H groups in total. The maximum absolute atomic E-state index is 12.6. The Hall–Kier alpha value is -1.86. The summed E-state index contributed by atoms with van der Waals surface area (Å²) in [5.74, 6) is 0.386. The van der Waals surface area contributed by atoms with Crippen molar-refractivity contribution >= 4 is 57.2 Å². The second-order valence-electron chi connectivity index (χ2n) is 5.94. The fraction of sp³-hybridized carbons (Fsp3) is 0.278. The van der Waals surface area contributed by atoms with Crippen LogP contribution in [0.2, 0.25) is 5.02 Å². The maximum Gasteiger partial charge on any atom is 0.387 e. The number of anilines is 1. The first-order valence-corrected chi connectivity index (χ1v) is 10.7. The van der Waals surface area contributed by atoms with Crippen LogP contribution >= 0.6 is 35.6 Å². The van der Waals surface area contributed by atoms with Crippen molar-refractivity contribution in [3.05, 3.63) is 58.6 Å². The third kappa shape index (κ3) is 8.88. The molecule has 2 aromatic rings. The number of guanidine groups is 1. The van der Waals surface area contributed by atoms with Gasteiger partial charge in [-0.3, -0.25) is 9.71 Å². The summed E-state index contributed by atoms with van der Waals surface area (Å²) < 4.78 is 55.1. The molecule has 0 radical (unpaired) electrons. The number of benzene rings is 2. The van der Waals surface area contributed by atoms with Crippen LogP contribution in [-0.2, 0) is 23.1 Å². The number of ether oxygens (including phenoxy) is 1. The summed E-state index contributed by atoms with van der Waals surface area (Å²) in [4.78, 5) is 4.07. The molecule has 0 aliphatic heterocycles. The highest BCUT2D eigenvalue weighted by Crippen LogP contribution is 2.24. The molecule has 7 nitrogen and oxygen atoms in total. The van der Waals surface area contributed by atoms with Gasteiger partial charge in [-0.25, -0.2) is 8.42 Å².